The van der Waals surface area contributed by atoms with Crippen LogP contribution in [0.2, 0.25) is 0 Å². The molecule has 148 valence electrons. The minimum absolute atomic E-state index is 0.209. The average molecular weight is 392 g/mol. The van der Waals surface area contributed by atoms with E-state index >= 15 is 0 Å². The standard InChI is InChI=1S/C22H21FN4O2/c1-12(2)15-8-16-11-27(26-21(16)24-10-15)19-9-17(5-6-18(19)23)25-22(28)20-7-13(3)14(4)29-20/h5-12H,1-4H3,(H,25,28). The zero-order chi connectivity index (χ0) is 20.7. The fourth-order valence-electron chi connectivity index (χ4n) is 3.02. The number of nitrogens with zero attached hydrogens (tertiary/aromatic N) is 3. The summed E-state index contributed by atoms with van der Waals surface area (Å²) in [7, 11) is 0. The Labute approximate surface area is 167 Å². The molecule has 0 aliphatic carbocycles. The van der Waals surface area contributed by atoms with Crippen LogP contribution >= 0.6 is 0 Å². The fraction of sp³-hybridized carbons (Fsp3) is 0.227. The van der Waals surface area contributed by atoms with E-state index < -0.39 is 11.7 Å². The average Bonchev–Trinajstić information content (AvgIpc) is 3.25. The van der Waals surface area contributed by atoms with Gasteiger partial charge in [0, 0.05) is 23.5 Å². The Hall–Kier alpha value is -3.48. The van der Waals surface area contributed by atoms with Crippen LogP contribution < -0.4 is 5.32 Å². The number of amides is 1. The van der Waals surface area contributed by atoms with Crippen LogP contribution in [0.4, 0.5) is 10.1 Å². The van der Waals surface area contributed by atoms with Crippen LogP contribution in [0.15, 0.2) is 47.1 Å². The highest BCUT2D eigenvalue weighted by Gasteiger charge is 2.15. The van der Waals surface area contributed by atoms with E-state index in [0.717, 1.165) is 16.5 Å². The Bertz CT molecular complexity index is 1200. The maximum absolute atomic E-state index is 14.5. The van der Waals surface area contributed by atoms with Gasteiger partial charge >= 0.3 is 0 Å². The van der Waals surface area contributed by atoms with Gasteiger partial charge in [-0.25, -0.2) is 14.1 Å². The first kappa shape index (κ1) is 18.9. The molecule has 29 heavy (non-hydrogen) atoms. The molecule has 3 aromatic heterocycles. The second-order valence-electron chi connectivity index (χ2n) is 7.38. The summed E-state index contributed by atoms with van der Waals surface area (Å²) in [5.74, 6) is 0.379. The Morgan fingerprint density at radius 2 is 2.00 bits per heavy atom. The summed E-state index contributed by atoms with van der Waals surface area (Å²) in [6.07, 6.45) is 3.52. The van der Waals surface area contributed by atoms with Crippen molar-refractivity contribution in [3.63, 3.8) is 0 Å². The number of fused-ring (bicyclic) bond motifs is 1. The normalized spacial score (nSPS) is 11.4. The lowest BCUT2D eigenvalue weighted by Crippen LogP contribution is -2.11. The largest absolute Gasteiger partial charge is 0.456 e. The molecule has 0 unspecified atom stereocenters. The van der Waals surface area contributed by atoms with Crippen molar-refractivity contribution in [2.75, 3.05) is 5.32 Å². The Morgan fingerprint density at radius 1 is 1.21 bits per heavy atom. The smallest absolute Gasteiger partial charge is 0.291 e. The first-order valence-electron chi connectivity index (χ1n) is 9.35. The summed E-state index contributed by atoms with van der Waals surface area (Å²) in [5.41, 5.74) is 3.17. The maximum atomic E-state index is 14.5. The summed E-state index contributed by atoms with van der Waals surface area (Å²) >= 11 is 0. The van der Waals surface area contributed by atoms with E-state index in [9.17, 15) is 9.18 Å². The number of carbonyl (C=O) groups excluding carboxylic acids is 1. The molecular weight excluding hydrogens is 371 g/mol. The van der Waals surface area contributed by atoms with Crippen LogP contribution in [0.1, 0.15) is 47.2 Å². The molecule has 0 fully saturated rings. The lowest BCUT2D eigenvalue weighted by Gasteiger charge is -2.07. The van der Waals surface area contributed by atoms with Crippen LogP contribution in [-0.2, 0) is 0 Å². The van der Waals surface area contributed by atoms with E-state index in [0.29, 0.717) is 23.0 Å². The third-order valence-corrected chi connectivity index (χ3v) is 4.89. The molecule has 0 atom stereocenters. The van der Waals surface area contributed by atoms with Crippen LogP contribution in [0, 0.1) is 19.7 Å². The number of aromatic nitrogens is 3. The van der Waals surface area contributed by atoms with Gasteiger partial charge in [-0.05, 0) is 61.2 Å². The van der Waals surface area contributed by atoms with E-state index in [1.165, 1.54) is 22.9 Å². The van der Waals surface area contributed by atoms with Crippen molar-refractivity contribution >= 4 is 22.6 Å². The second-order valence-corrected chi connectivity index (χ2v) is 7.38. The van der Waals surface area contributed by atoms with Crippen molar-refractivity contribution < 1.29 is 13.6 Å². The van der Waals surface area contributed by atoms with Crippen molar-refractivity contribution in [3.8, 4) is 5.69 Å². The van der Waals surface area contributed by atoms with Gasteiger partial charge in [-0.2, -0.15) is 0 Å². The molecule has 0 radical (unpaired) electrons. The number of nitrogens with one attached hydrogen (secondary N) is 1. The number of aryl methyl sites for hydroxylation is 2. The van der Waals surface area contributed by atoms with E-state index in [2.05, 4.69) is 29.2 Å². The maximum Gasteiger partial charge on any atom is 0.291 e. The number of hydrogen-bond donors (Lipinski definition) is 1. The number of furan rings is 1. The van der Waals surface area contributed by atoms with Gasteiger partial charge in [0.05, 0.1) is 0 Å². The Kier molecular flexibility index (Phi) is 4.66. The monoisotopic (exact) mass is 392 g/mol. The van der Waals surface area contributed by atoms with Gasteiger partial charge in [0.1, 0.15) is 17.3 Å². The molecule has 1 amide bonds. The van der Waals surface area contributed by atoms with Gasteiger partial charge in [0.2, 0.25) is 0 Å². The summed E-state index contributed by atoms with van der Waals surface area (Å²) < 4.78 is 21.4. The SMILES string of the molecule is Cc1cc(C(=O)Nc2ccc(F)c(-n3cc4cc(C(C)C)cnc4n3)c2)oc1C. The third-order valence-electron chi connectivity index (χ3n) is 4.89. The van der Waals surface area contributed by atoms with E-state index in [1.54, 1.807) is 25.4 Å². The van der Waals surface area contributed by atoms with Gasteiger partial charge in [-0.1, -0.05) is 13.8 Å². The van der Waals surface area contributed by atoms with Crippen LogP contribution in [0.5, 0.6) is 0 Å². The minimum atomic E-state index is -0.454. The van der Waals surface area contributed by atoms with Crippen molar-refractivity contribution in [2.24, 2.45) is 0 Å². The predicted molar refractivity (Wildman–Crippen MR) is 109 cm³/mol. The first-order chi connectivity index (χ1) is 13.8. The molecule has 0 aliphatic heterocycles. The molecule has 4 aromatic rings. The van der Waals surface area contributed by atoms with Gasteiger partial charge < -0.3 is 9.73 Å². The quantitative estimate of drug-likeness (QED) is 0.522. The lowest BCUT2D eigenvalue weighted by molar-refractivity contribution is 0.0995. The van der Waals surface area contributed by atoms with E-state index in [-0.39, 0.29) is 11.4 Å². The highest BCUT2D eigenvalue weighted by Crippen LogP contribution is 2.23. The topological polar surface area (TPSA) is 73.0 Å². The number of rotatable bonds is 4. The number of anilines is 1. The predicted octanol–water partition coefficient (Wildman–Crippen LogP) is 5.15. The zero-order valence-corrected chi connectivity index (χ0v) is 16.7. The van der Waals surface area contributed by atoms with Crippen molar-refractivity contribution in [2.45, 2.75) is 33.6 Å². The highest BCUT2D eigenvalue weighted by atomic mass is 19.1. The van der Waals surface area contributed by atoms with Crippen LogP contribution in [-0.4, -0.2) is 20.7 Å². The molecule has 0 aliphatic rings. The summed E-state index contributed by atoms with van der Waals surface area (Å²) in [4.78, 5) is 16.8. The number of pyridine rings is 1. The molecule has 3 heterocycles. The number of carbonyl (C=O) groups is 1. The van der Waals surface area contributed by atoms with Crippen molar-refractivity contribution in [1.82, 2.24) is 14.8 Å². The van der Waals surface area contributed by atoms with Gasteiger partial charge in [0.25, 0.3) is 5.91 Å². The molecule has 4 rings (SSSR count). The molecule has 1 N–H and O–H groups in total. The second kappa shape index (κ2) is 7.16. The Morgan fingerprint density at radius 3 is 2.69 bits per heavy atom. The lowest BCUT2D eigenvalue weighted by atomic mass is 10.1. The number of halogens is 1. The molecule has 6 nitrogen and oxygen atoms in total. The van der Waals surface area contributed by atoms with Crippen LogP contribution in [0.3, 0.4) is 0 Å². The van der Waals surface area contributed by atoms with Crippen LogP contribution in [0.25, 0.3) is 16.7 Å². The zero-order valence-electron chi connectivity index (χ0n) is 16.7. The Balaban J connectivity index is 1.66. The van der Waals surface area contributed by atoms with Crippen molar-refractivity contribution in [3.05, 3.63) is 71.2 Å². The molecular formula is C22H21FN4O2. The molecule has 0 saturated heterocycles. The van der Waals surface area contributed by atoms with Crippen molar-refractivity contribution in [1.29, 1.82) is 0 Å². The molecule has 7 heteroatoms. The highest BCUT2D eigenvalue weighted by molar-refractivity contribution is 6.02. The molecule has 0 saturated carbocycles. The van der Waals surface area contributed by atoms with E-state index in [1.807, 2.05) is 13.0 Å². The van der Waals surface area contributed by atoms with Gasteiger partial charge in [-0.15, -0.1) is 5.10 Å². The van der Waals surface area contributed by atoms with Gasteiger partial charge in [0.15, 0.2) is 11.4 Å². The number of benzene rings is 1. The van der Waals surface area contributed by atoms with Gasteiger partial charge in [-0.3, -0.25) is 4.79 Å². The minimum Gasteiger partial charge on any atom is -0.456 e. The number of hydrogen-bond acceptors (Lipinski definition) is 4. The summed E-state index contributed by atoms with van der Waals surface area (Å²) in [5, 5.41) is 7.94. The summed E-state index contributed by atoms with van der Waals surface area (Å²) in [6, 6.07) is 8.00. The molecule has 0 spiro atoms. The molecule has 0 bridgehead atoms. The van der Waals surface area contributed by atoms with E-state index in [4.69, 9.17) is 4.42 Å². The summed E-state index contributed by atoms with van der Waals surface area (Å²) in [6.45, 7) is 7.83. The third kappa shape index (κ3) is 3.63. The first-order valence-corrected chi connectivity index (χ1v) is 9.35. The fourth-order valence-corrected chi connectivity index (χ4v) is 3.02. The molecule has 1 aromatic carbocycles.